The first kappa shape index (κ1) is 20.7. The van der Waals surface area contributed by atoms with Gasteiger partial charge in [-0.1, -0.05) is 32.4 Å². The van der Waals surface area contributed by atoms with Gasteiger partial charge in [0, 0.05) is 38.2 Å². The Morgan fingerprint density at radius 3 is 2.53 bits per heavy atom. The van der Waals surface area contributed by atoms with Crippen molar-refractivity contribution in [2.75, 3.05) is 4.90 Å². The fraction of sp³-hybridized carbons (Fsp3) is 0.333. The van der Waals surface area contributed by atoms with Crippen molar-refractivity contribution >= 4 is 34.4 Å². The number of anilines is 1. The van der Waals surface area contributed by atoms with Crippen LogP contribution in [0.4, 0.5) is 5.69 Å². The predicted molar refractivity (Wildman–Crippen MR) is 122 cm³/mol. The number of carbonyl (C=O) groups excluding carboxylic acids is 1. The van der Waals surface area contributed by atoms with Crippen molar-refractivity contribution in [3.05, 3.63) is 73.8 Å². The number of halogens is 1. The normalized spacial score (nSPS) is 21.0. The van der Waals surface area contributed by atoms with Crippen molar-refractivity contribution in [3.8, 4) is 6.07 Å². The van der Waals surface area contributed by atoms with Gasteiger partial charge >= 0.3 is 0 Å². The number of thiophene rings is 1. The quantitative estimate of drug-likeness (QED) is 0.648. The van der Waals surface area contributed by atoms with Crippen LogP contribution in [0.25, 0.3) is 0 Å². The highest BCUT2D eigenvalue weighted by Crippen LogP contribution is 2.51. The number of hydrogen-bond acceptors (Lipinski definition) is 5. The molecule has 2 heterocycles. The Labute approximate surface area is 186 Å². The lowest BCUT2D eigenvalue weighted by molar-refractivity contribution is -0.118. The lowest BCUT2D eigenvalue weighted by Crippen LogP contribution is -2.42. The molecule has 6 heteroatoms. The molecular formula is C24H24ClN3OS. The first-order valence-corrected chi connectivity index (χ1v) is 11.3. The summed E-state index contributed by atoms with van der Waals surface area (Å²) in [6.07, 6.45) is 2.09. The van der Waals surface area contributed by atoms with Crippen LogP contribution < -0.4 is 10.6 Å². The summed E-state index contributed by atoms with van der Waals surface area (Å²) < 4.78 is 0. The van der Waals surface area contributed by atoms with Crippen molar-refractivity contribution in [1.29, 1.82) is 5.26 Å². The maximum atomic E-state index is 13.4. The average molecular weight is 438 g/mol. The van der Waals surface area contributed by atoms with Gasteiger partial charge in [-0.25, -0.2) is 0 Å². The van der Waals surface area contributed by atoms with Gasteiger partial charge in [0.05, 0.1) is 17.6 Å². The molecule has 30 heavy (non-hydrogen) atoms. The molecule has 1 aliphatic heterocycles. The smallest absolute Gasteiger partial charge is 0.162 e. The maximum Gasteiger partial charge on any atom is 0.162 e. The zero-order valence-corrected chi connectivity index (χ0v) is 18.9. The van der Waals surface area contributed by atoms with Gasteiger partial charge in [0.1, 0.15) is 5.82 Å². The van der Waals surface area contributed by atoms with Crippen LogP contribution in [0.2, 0.25) is 5.02 Å². The lowest BCUT2D eigenvalue weighted by Gasteiger charge is -2.43. The van der Waals surface area contributed by atoms with Crippen LogP contribution in [-0.4, -0.2) is 5.78 Å². The Kier molecular flexibility index (Phi) is 5.25. The van der Waals surface area contributed by atoms with Gasteiger partial charge in [0.25, 0.3) is 0 Å². The van der Waals surface area contributed by atoms with E-state index in [1.165, 1.54) is 4.88 Å². The summed E-state index contributed by atoms with van der Waals surface area (Å²) in [7, 11) is 0. The molecule has 0 saturated carbocycles. The third-order valence-corrected chi connectivity index (χ3v) is 7.33. The molecule has 1 atom stereocenters. The van der Waals surface area contributed by atoms with Crippen molar-refractivity contribution in [2.24, 2.45) is 11.1 Å². The van der Waals surface area contributed by atoms with Crippen LogP contribution in [0.15, 0.2) is 59.1 Å². The van der Waals surface area contributed by atoms with Crippen LogP contribution in [-0.2, 0) is 11.2 Å². The first-order chi connectivity index (χ1) is 14.3. The van der Waals surface area contributed by atoms with Gasteiger partial charge in [0.2, 0.25) is 0 Å². The van der Waals surface area contributed by atoms with E-state index in [1.807, 2.05) is 23.1 Å². The number of allylic oxidation sites excluding steroid dienone is 3. The van der Waals surface area contributed by atoms with Crippen LogP contribution >= 0.6 is 22.9 Å². The molecule has 0 spiro atoms. The summed E-state index contributed by atoms with van der Waals surface area (Å²) in [4.78, 5) is 17.5. The average Bonchev–Trinajstić information content (AvgIpc) is 3.16. The Hall–Kier alpha value is -2.55. The number of hydrogen-bond donors (Lipinski definition) is 1. The van der Waals surface area contributed by atoms with E-state index in [2.05, 4.69) is 32.9 Å². The molecule has 4 nitrogen and oxygen atoms in total. The third-order valence-electron chi connectivity index (χ3n) is 5.78. The zero-order valence-electron chi connectivity index (χ0n) is 17.3. The summed E-state index contributed by atoms with van der Waals surface area (Å²) in [5, 5.41) is 10.7. The number of benzene rings is 1. The number of ketones is 1. The third kappa shape index (κ3) is 3.45. The number of Topliss-reactive ketones (excluding diaryl/α,β-unsaturated/α-hetero) is 1. The Morgan fingerprint density at radius 1 is 1.23 bits per heavy atom. The van der Waals surface area contributed by atoms with Crippen LogP contribution in [0.5, 0.6) is 0 Å². The van der Waals surface area contributed by atoms with Crippen molar-refractivity contribution in [3.63, 3.8) is 0 Å². The summed E-state index contributed by atoms with van der Waals surface area (Å²) in [5.74, 6) is 0.0832. The van der Waals surface area contributed by atoms with Gasteiger partial charge in [0.15, 0.2) is 5.78 Å². The maximum absolute atomic E-state index is 13.4. The molecule has 1 aliphatic carbocycles. The van der Waals surface area contributed by atoms with E-state index in [-0.39, 0.29) is 11.2 Å². The van der Waals surface area contributed by atoms with Gasteiger partial charge in [-0.05, 0) is 54.7 Å². The van der Waals surface area contributed by atoms with Crippen molar-refractivity contribution in [1.82, 2.24) is 0 Å². The number of nitriles is 1. The van der Waals surface area contributed by atoms with Gasteiger partial charge < -0.3 is 5.73 Å². The Bertz CT molecular complexity index is 1120. The largest absolute Gasteiger partial charge is 0.384 e. The number of aryl methyl sites for hydroxylation is 1. The molecule has 1 aromatic carbocycles. The molecule has 2 aliphatic rings. The Balaban J connectivity index is 1.97. The second-order valence-electron chi connectivity index (χ2n) is 8.61. The molecule has 154 valence electrons. The Morgan fingerprint density at radius 2 is 1.93 bits per heavy atom. The van der Waals surface area contributed by atoms with E-state index >= 15 is 0 Å². The van der Waals surface area contributed by atoms with Gasteiger partial charge in [-0.3, -0.25) is 9.69 Å². The monoisotopic (exact) mass is 437 g/mol. The molecule has 1 aromatic heterocycles. The fourth-order valence-electron chi connectivity index (χ4n) is 4.42. The van der Waals surface area contributed by atoms with E-state index in [0.717, 1.165) is 22.7 Å². The number of carbonyl (C=O) groups is 1. The molecular weight excluding hydrogens is 414 g/mol. The lowest BCUT2D eigenvalue weighted by atomic mass is 9.69. The minimum Gasteiger partial charge on any atom is -0.384 e. The fourth-order valence-corrected chi connectivity index (χ4v) is 5.62. The minimum atomic E-state index is -0.401. The summed E-state index contributed by atoms with van der Waals surface area (Å²) in [6, 6.07) is 13.8. The molecule has 0 radical (unpaired) electrons. The summed E-state index contributed by atoms with van der Waals surface area (Å²) in [6.45, 7) is 6.31. The van der Waals surface area contributed by atoms with Crippen LogP contribution in [0.3, 0.4) is 0 Å². The number of rotatable bonds is 3. The van der Waals surface area contributed by atoms with E-state index < -0.39 is 5.92 Å². The predicted octanol–water partition coefficient (Wildman–Crippen LogP) is 5.90. The van der Waals surface area contributed by atoms with Crippen LogP contribution in [0, 0.1) is 16.7 Å². The highest BCUT2D eigenvalue weighted by Gasteiger charge is 2.45. The number of nitrogens with two attached hydrogens (primary N) is 1. The second kappa shape index (κ2) is 7.61. The zero-order chi connectivity index (χ0) is 21.6. The van der Waals surface area contributed by atoms with Gasteiger partial charge in [-0.15, -0.1) is 11.3 Å². The van der Waals surface area contributed by atoms with E-state index in [9.17, 15) is 10.1 Å². The molecule has 2 aromatic rings. The standard InChI is InChI=1S/C24H24ClN3OS/c1-4-16-9-10-20(30-16)21-17(13-26)23(27)28(15-7-5-14(25)6-8-15)18-11-24(2,3)12-19(29)22(18)21/h5-10,21H,4,11-12,27H2,1-3H3/t21-/m0/s1. The SMILES string of the molecule is CCc1ccc([C@@H]2C(C#N)=C(N)N(c3ccc(Cl)cc3)C3=C2C(=O)CC(C)(C)C3)s1. The van der Waals surface area contributed by atoms with Crippen molar-refractivity contribution in [2.45, 2.75) is 46.0 Å². The van der Waals surface area contributed by atoms with E-state index in [4.69, 9.17) is 17.3 Å². The molecule has 0 unspecified atom stereocenters. The molecule has 2 N–H and O–H groups in total. The number of nitrogens with zero attached hydrogens (tertiary/aromatic N) is 2. The first-order valence-electron chi connectivity index (χ1n) is 10.1. The topological polar surface area (TPSA) is 70.1 Å². The van der Waals surface area contributed by atoms with Gasteiger partial charge in [-0.2, -0.15) is 5.26 Å². The summed E-state index contributed by atoms with van der Waals surface area (Å²) >= 11 is 7.74. The summed E-state index contributed by atoms with van der Waals surface area (Å²) in [5.41, 5.74) is 9.28. The molecule has 4 rings (SSSR count). The molecule has 0 amide bonds. The van der Waals surface area contributed by atoms with Crippen LogP contribution in [0.1, 0.15) is 49.3 Å². The van der Waals surface area contributed by atoms with E-state index in [1.54, 1.807) is 23.5 Å². The molecule has 0 bridgehead atoms. The minimum absolute atomic E-state index is 0.0944. The highest BCUT2D eigenvalue weighted by molar-refractivity contribution is 7.12. The highest BCUT2D eigenvalue weighted by atomic mass is 35.5. The molecule has 0 saturated heterocycles. The van der Waals surface area contributed by atoms with Crippen molar-refractivity contribution < 1.29 is 4.79 Å². The van der Waals surface area contributed by atoms with E-state index in [0.29, 0.717) is 34.8 Å². The molecule has 0 fully saturated rings. The second-order valence-corrected chi connectivity index (χ2v) is 10.3.